The molecule has 2 atom stereocenters. The molecule has 2 N–H and O–H groups in total. The monoisotopic (exact) mass is 469 g/mol. The Balaban J connectivity index is 1.82. The van der Waals surface area contributed by atoms with Crippen LogP contribution in [-0.4, -0.2) is 29.5 Å². The van der Waals surface area contributed by atoms with Gasteiger partial charge in [-0.3, -0.25) is 0 Å². The molecule has 9 heteroatoms. The van der Waals surface area contributed by atoms with Crippen LogP contribution in [-0.2, 0) is 27.5 Å². The molecule has 1 aromatic heterocycles. The second kappa shape index (κ2) is 6.38. The molecule has 0 saturated carbocycles. The van der Waals surface area contributed by atoms with Crippen LogP contribution >= 0.6 is 15.9 Å². The lowest BCUT2D eigenvalue weighted by Crippen LogP contribution is -2.49. The van der Waals surface area contributed by atoms with E-state index in [-0.39, 0.29) is 22.7 Å². The minimum atomic E-state index is -4.83. The fourth-order valence-corrected chi connectivity index (χ4v) is 5.87. The highest BCUT2D eigenvalue weighted by atomic mass is 79.9. The minimum Gasteiger partial charge on any atom is -0.478 e. The summed E-state index contributed by atoms with van der Waals surface area (Å²) < 4.78 is 56.4. The average molecular weight is 470 g/mol. The van der Waals surface area contributed by atoms with E-state index in [0.29, 0.717) is 16.8 Å². The number of sulfone groups is 1. The molecule has 3 aromatic rings. The molecule has 5 nitrogen and oxygen atoms in total. The van der Waals surface area contributed by atoms with Gasteiger partial charge in [0.05, 0.1) is 9.37 Å². The van der Waals surface area contributed by atoms with E-state index in [1.165, 1.54) is 18.2 Å². The van der Waals surface area contributed by atoms with E-state index in [0.717, 1.165) is 12.1 Å². The predicted molar refractivity (Wildman–Crippen MR) is 102 cm³/mol. The maximum Gasteiger partial charge on any atom is 0.358 e. The van der Waals surface area contributed by atoms with Gasteiger partial charge in [0.1, 0.15) is 5.82 Å². The molecule has 0 amide bonds. The molecule has 0 saturated heterocycles. The van der Waals surface area contributed by atoms with Gasteiger partial charge in [-0.25, -0.2) is 22.0 Å². The molecule has 2 unspecified atom stereocenters. The second-order valence-corrected chi connectivity index (χ2v) is 9.66. The van der Waals surface area contributed by atoms with Crippen molar-refractivity contribution >= 4 is 42.6 Å². The molecule has 28 heavy (non-hydrogen) atoms. The lowest BCUT2D eigenvalue weighted by Gasteiger charge is -2.27. The molecule has 1 aliphatic carbocycles. The normalized spacial score (nSPS) is 18.8. The Morgan fingerprint density at radius 3 is 2.50 bits per heavy atom. The van der Waals surface area contributed by atoms with Crippen LogP contribution in [0.3, 0.4) is 0 Å². The molecule has 0 fully saturated rings. The number of H-pyrrole nitrogens is 1. The van der Waals surface area contributed by atoms with E-state index in [1.54, 1.807) is 12.1 Å². The van der Waals surface area contributed by atoms with Crippen LogP contribution in [0.15, 0.2) is 51.8 Å². The summed E-state index contributed by atoms with van der Waals surface area (Å²) in [4.78, 5) is 14.4. The molecule has 2 aromatic carbocycles. The van der Waals surface area contributed by atoms with Crippen LogP contribution in [0.25, 0.3) is 10.9 Å². The van der Waals surface area contributed by atoms with Crippen LogP contribution in [0.1, 0.15) is 11.3 Å². The number of aromatic nitrogens is 1. The number of alkyl halides is 1. The van der Waals surface area contributed by atoms with Crippen molar-refractivity contribution in [1.82, 2.24) is 4.98 Å². The number of carboxylic acid groups (broad SMARTS) is 1. The fraction of sp³-hybridized carbons (Fsp3) is 0.211. The quantitative estimate of drug-likeness (QED) is 0.604. The Morgan fingerprint density at radius 2 is 1.86 bits per heavy atom. The van der Waals surface area contributed by atoms with Crippen molar-refractivity contribution in [2.75, 3.05) is 0 Å². The summed E-state index contributed by atoms with van der Waals surface area (Å²) in [5.74, 6) is -4.02. The number of carboxylic acids is 1. The zero-order valence-electron chi connectivity index (χ0n) is 14.2. The maximum atomic E-state index is 15.8. The standard InChI is InChI=1S/C19H14BrF2NO4S/c20-13-6-7-14-16(17(13)21)12-8-10(9-15(12)23-14)19(22,18(24)25)28(26,27)11-4-2-1-3-5-11/h1-7,10,23H,8-9H2,(H,24,25). The summed E-state index contributed by atoms with van der Waals surface area (Å²) in [5.41, 5.74) is 1.35. The summed E-state index contributed by atoms with van der Waals surface area (Å²) in [6.45, 7) is 0. The van der Waals surface area contributed by atoms with Crippen molar-refractivity contribution in [2.45, 2.75) is 22.7 Å². The number of hydrogen-bond donors (Lipinski definition) is 2. The minimum absolute atomic E-state index is 0.157. The Bertz CT molecular complexity index is 1210. The Morgan fingerprint density at radius 1 is 1.18 bits per heavy atom. The van der Waals surface area contributed by atoms with E-state index in [2.05, 4.69) is 20.9 Å². The molecule has 0 radical (unpaired) electrons. The zero-order valence-corrected chi connectivity index (χ0v) is 16.6. The third-order valence-electron chi connectivity index (χ3n) is 5.21. The van der Waals surface area contributed by atoms with Crippen molar-refractivity contribution in [1.29, 1.82) is 0 Å². The van der Waals surface area contributed by atoms with Crippen LogP contribution < -0.4 is 0 Å². The molecular weight excluding hydrogens is 456 g/mol. The molecule has 4 rings (SSSR count). The number of halogens is 3. The smallest absolute Gasteiger partial charge is 0.358 e. The van der Waals surface area contributed by atoms with Gasteiger partial charge in [0.25, 0.3) is 0 Å². The topological polar surface area (TPSA) is 87.2 Å². The number of nitrogens with one attached hydrogen (secondary N) is 1. The Labute approximate surface area is 167 Å². The number of benzene rings is 2. The molecular formula is C19H14BrF2NO4S. The van der Waals surface area contributed by atoms with Crippen molar-refractivity contribution in [2.24, 2.45) is 5.92 Å². The van der Waals surface area contributed by atoms with E-state index < -0.39 is 37.4 Å². The van der Waals surface area contributed by atoms with E-state index in [1.807, 2.05) is 0 Å². The fourth-order valence-electron chi connectivity index (χ4n) is 3.85. The Hall–Kier alpha value is -2.26. The van der Waals surface area contributed by atoms with Crippen molar-refractivity contribution < 1.29 is 27.1 Å². The molecule has 1 heterocycles. The van der Waals surface area contributed by atoms with E-state index in [9.17, 15) is 22.7 Å². The first kappa shape index (κ1) is 19.1. The summed E-state index contributed by atoms with van der Waals surface area (Å²) in [6, 6.07) is 9.83. The number of aromatic amines is 1. The van der Waals surface area contributed by atoms with E-state index >= 15 is 4.39 Å². The third kappa shape index (κ3) is 2.52. The van der Waals surface area contributed by atoms with Gasteiger partial charge in [-0.15, -0.1) is 0 Å². The van der Waals surface area contributed by atoms with Crippen LogP contribution in [0, 0.1) is 11.7 Å². The first-order valence-electron chi connectivity index (χ1n) is 8.37. The summed E-state index contributed by atoms with van der Waals surface area (Å²) in [6.07, 6.45) is -0.368. The summed E-state index contributed by atoms with van der Waals surface area (Å²) >= 11 is 3.10. The van der Waals surface area contributed by atoms with Gasteiger partial charge in [0, 0.05) is 22.5 Å². The highest BCUT2D eigenvalue weighted by Crippen LogP contribution is 2.45. The van der Waals surface area contributed by atoms with Gasteiger partial charge in [-0.1, -0.05) is 18.2 Å². The predicted octanol–water partition coefficient (Wildman–Crippen LogP) is 4.01. The van der Waals surface area contributed by atoms with Crippen molar-refractivity contribution in [3.63, 3.8) is 0 Å². The number of aliphatic carboxylic acids is 1. The molecule has 0 bridgehead atoms. The largest absolute Gasteiger partial charge is 0.478 e. The second-order valence-electron chi connectivity index (χ2n) is 6.74. The number of fused-ring (bicyclic) bond motifs is 3. The van der Waals surface area contributed by atoms with Gasteiger partial charge in [-0.2, -0.15) is 0 Å². The lowest BCUT2D eigenvalue weighted by atomic mass is 9.98. The first-order chi connectivity index (χ1) is 13.2. The Kier molecular flexibility index (Phi) is 4.35. The number of rotatable bonds is 4. The van der Waals surface area contributed by atoms with Gasteiger partial charge < -0.3 is 10.1 Å². The third-order valence-corrected chi connectivity index (χ3v) is 8.00. The summed E-state index contributed by atoms with van der Waals surface area (Å²) in [5, 5.41) is 6.25. The summed E-state index contributed by atoms with van der Waals surface area (Å²) in [7, 11) is -4.83. The lowest BCUT2D eigenvalue weighted by molar-refractivity contribution is -0.147. The molecule has 0 aliphatic heterocycles. The van der Waals surface area contributed by atoms with Gasteiger partial charge in [-0.05, 0) is 58.6 Å². The highest BCUT2D eigenvalue weighted by molar-refractivity contribution is 9.10. The number of hydrogen-bond acceptors (Lipinski definition) is 3. The zero-order chi connectivity index (χ0) is 20.3. The number of carbonyl (C=O) groups is 1. The SMILES string of the molecule is O=C(O)C(F)(C1Cc2[nH]c3ccc(Br)c(F)c3c2C1)S(=O)(=O)c1ccccc1. The van der Waals surface area contributed by atoms with Crippen LogP contribution in [0.4, 0.5) is 8.78 Å². The maximum absolute atomic E-state index is 15.8. The van der Waals surface area contributed by atoms with Crippen molar-refractivity contribution in [3.05, 3.63) is 64.0 Å². The highest BCUT2D eigenvalue weighted by Gasteiger charge is 2.60. The molecule has 0 spiro atoms. The first-order valence-corrected chi connectivity index (χ1v) is 10.6. The van der Waals surface area contributed by atoms with Gasteiger partial charge in [0.2, 0.25) is 9.84 Å². The molecule has 146 valence electrons. The van der Waals surface area contributed by atoms with Crippen molar-refractivity contribution in [3.8, 4) is 0 Å². The van der Waals surface area contributed by atoms with Crippen LogP contribution in [0.5, 0.6) is 0 Å². The van der Waals surface area contributed by atoms with Crippen LogP contribution in [0.2, 0.25) is 0 Å². The van der Waals surface area contributed by atoms with Gasteiger partial charge in [0.15, 0.2) is 0 Å². The average Bonchev–Trinajstić information content (AvgIpc) is 3.22. The van der Waals surface area contributed by atoms with E-state index in [4.69, 9.17) is 0 Å². The van der Waals surface area contributed by atoms with Gasteiger partial charge >= 0.3 is 11.0 Å². The molecule has 1 aliphatic rings.